The Morgan fingerprint density at radius 3 is 2.73 bits per heavy atom. The van der Waals surface area contributed by atoms with Crippen LogP contribution < -0.4 is 5.73 Å². The van der Waals surface area contributed by atoms with Crippen molar-refractivity contribution >= 4 is 0 Å². The number of nitrogens with zero attached hydrogens (tertiary/aromatic N) is 1. The van der Waals surface area contributed by atoms with Gasteiger partial charge >= 0.3 is 0 Å². The first kappa shape index (κ1) is 12.9. The number of rotatable bonds is 6. The molecule has 0 bridgehead atoms. The third-order valence-electron chi connectivity index (χ3n) is 3.67. The van der Waals surface area contributed by atoms with Gasteiger partial charge in [0.15, 0.2) is 0 Å². The Morgan fingerprint density at radius 1 is 1.47 bits per heavy atom. The molecule has 2 unspecified atom stereocenters. The molecule has 0 saturated heterocycles. The Kier molecular flexibility index (Phi) is 5.03. The van der Waals surface area contributed by atoms with Gasteiger partial charge < -0.3 is 15.7 Å². The van der Waals surface area contributed by atoms with Crippen molar-refractivity contribution in [3.63, 3.8) is 0 Å². The quantitative estimate of drug-likeness (QED) is 0.656. The average Bonchev–Trinajstić information content (AvgIpc) is 2.62. The second kappa shape index (κ2) is 5.83. The van der Waals surface area contributed by atoms with E-state index in [1.165, 1.54) is 25.8 Å². The van der Waals surface area contributed by atoms with Crippen LogP contribution >= 0.6 is 0 Å². The summed E-state index contributed by atoms with van der Waals surface area (Å²) in [4.78, 5) is 2.42. The highest BCUT2D eigenvalue weighted by Gasteiger charge is 2.36. The smallest absolute Gasteiger partial charge is 0.0611 e. The summed E-state index contributed by atoms with van der Waals surface area (Å²) in [6.45, 7) is 3.53. The predicted molar refractivity (Wildman–Crippen MR) is 63.8 cm³/mol. The molecule has 0 aromatic heterocycles. The van der Waals surface area contributed by atoms with Crippen molar-refractivity contribution in [3.8, 4) is 0 Å². The van der Waals surface area contributed by atoms with Crippen molar-refractivity contribution < 1.29 is 5.11 Å². The summed E-state index contributed by atoms with van der Waals surface area (Å²) in [6, 6.07) is 0.582. The van der Waals surface area contributed by atoms with Gasteiger partial charge in [0, 0.05) is 11.6 Å². The lowest BCUT2D eigenvalue weighted by Gasteiger charge is -2.26. The van der Waals surface area contributed by atoms with Gasteiger partial charge in [0.2, 0.25) is 0 Å². The van der Waals surface area contributed by atoms with E-state index < -0.39 is 0 Å². The molecule has 3 N–H and O–H groups in total. The molecule has 3 nitrogen and oxygen atoms in total. The molecule has 1 rings (SSSR count). The fourth-order valence-corrected chi connectivity index (χ4v) is 2.44. The van der Waals surface area contributed by atoms with E-state index in [1.807, 2.05) is 0 Å². The highest BCUT2D eigenvalue weighted by molar-refractivity contribution is 4.96. The zero-order valence-corrected chi connectivity index (χ0v) is 10.2. The van der Waals surface area contributed by atoms with Crippen molar-refractivity contribution in [2.45, 2.75) is 57.0 Å². The molecular weight excluding hydrogens is 188 g/mol. The maximum Gasteiger partial charge on any atom is 0.0611 e. The summed E-state index contributed by atoms with van der Waals surface area (Å²) in [5.41, 5.74) is 5.76. The third-order valence-corrected chi connectivity index (χ3v) is 3.67. The van der Waals surface area contributed by atoms with Gasteiger partial charge in [-0.3, -0.25) is 0 Å². The highest BCUT2D eigenvalue weighted by atomic mass is 16.3. The van der Waals surface area contributed by atoms with E-state index in [4.69, 9.17) is 5.73 Å². The lowest BCUT2D eigenvalue weighted by molar-refractivity contribution is 0.180. The normalized spacial score (nSPS) is 31.4. The van der Waals surface area contributed by atoms with E-state index in [-0.39, 0.29) is 12.1 Å². The molecule has 90 valence electrons. The SMILES string of the molecule is CCCCCN(C)C1CCC(N)(CO)C1. The van der Waals surface area contributed by atoms with Gasteiger partial charge in [0.1, 0.15) is 0 Å². The molecule has 1 aliphatic carbocycles. The van der Waals surface area contributed by atoms with Crippen molar-refractivity contribution in [2.75, 3.05) is 20.2 Å². The molecule has 0 aromatic rings. The van der Waals surface area contributed by atoms with E-state index in [2.05, 4.69) is 18.9 Å². The summed E-state index contributed by atoms with van der Waals surface area (Å²) in [5.74, 6) is 0. The van der Waals surface area contributed by atoms with Crippen LogP contribution in [0.15, 0.2) is 0 Å². The maximum absolute atomic E-state index is 9.20. The van der Waals surface area contributed by atoms with Crippen molar-refractivity contribution in [1.82, 2.24) is 4.90 Å². The third kappa shape index (κ3) is 3.74. The molecule has 0 spiro atoms. The Morgan fingerprint density at radius 2 is 2.20 bits per heavy atom. The molecule has 0 aromatic carbocycles. The van der Waals surface area contributed by atoms with E-state index in [0.717, 1.165) is 19.3 Å². The molecule has 1 aliphatic rings. The fraction of sp³-hybridized carbons (Fsp3) is 1.00. The van der Waals surface area contributed by atoms with E-state index in [1.54, 1.807) is 0 Å². The topological polar surface area (TPSA) is 49.5 Å². The van der Waals surface area contributed by atoms with E-state index in [9.17, 15) is 5.11 Å². The van der Waals surface area contributed by atoms with Crippen LogP contribution in [-0.4, -0.2) is 41.8 Å². The monoisotopic (exact) mass is 214 g/mol. The van der Waals surface area contributed by atoms with Crippen LogP contribution in [0.1, 0.15) is 45.4 Å². The highest BCUT2D eigenvalue weighted by Crippen LogP contribution is 2.30. The van der Waals surface area contributed by atoms with Crippen LogP contribution in [0.3, 0.4) is 0 Å². The first-order valence-electron chi connectivity index (χ1n) is 6.21. The minimum atomic E-state index is -0.302. The summed E-state index contributed by atoms with van der Waals surface area (Å²) < 4.78 is 0. The zero-order chi connectivity index (χ0) is 11.3. The van der Waals surface area contributed by atoms with E-state index in [0.29, 0.717) is 6.04 Å². The fourth-order valence-electron chi connectivity index (χ4n) is 2.44. The maximum atomic E-state index is 9.20. The Bertz CT molecular complexity index is 186. The van der Waals surface area contributed by atoms with Crippen LogP contribution in [0.2, 0.25) is 0 Å². The molecule has 15 heavy (non-hydrogen) atoms. The Hall–Kier alpha value is -0.120. The minimum absolute atomic E-state index is 0.131. The van der Waals surface area contributed by atoms with Crippen LogP contribution in [0.25, 0.3) is 0 Å². The minimum Gasteiger partial charge on any atom is -0.394 e. The summed E-state index contributed by atoms with van der Waals surface area (Å²) in [7, 11) is 2.18. The predicted octanol–water partition coefficient (Wildman–Crippen LogP) is 1.35. The van der Waals surface area contributed by atoms with Crippen LogP contribution in [0.4, 0.5) is 0 Å². The first-order chi connectivity index (χ1) is 7.11. The van der Waals surface area contributed by atoms with Crippen molar-refractivity contribution in [3.05, 3.63) is 0 Å². The van der Waals surface area contributed by atoms with Crippen LogP contribution in [0.5, 0.6) is 0 Å². The number of hydrogen-bond acceptors (Lipinski definition) is 3. The molecule has 3 heteroatoms. The Labute approximate surface area is 93.6 Å². The number of nitrogens with two attached hydrogens (primary N) is 1. The van der Waals surface area contributed by atoms with Crippen LogP contribution in [0, 0.1) is 0 Å². The molecule has 1 fully saturated rings. The lowest BCUT2D eigenvalue weighted by atomic mass is 10.0. The summed E-state index contributed by atoms with van der Waals surface area (Å²) >= 11 is 0. The second-order valence-corrected chi connectivity index (χ2v) is 5.10. The van der Waals surface area contributed by atoms with Crippen LogP contribution in [-0.2, 0) is 0 Å². The van der Waals surface area contributed by atoms with Gasteiger partial charge in [-0.15, -0.1) is 0 Å². The van der Waals surface area contributed by atoms with E-state index >= 15 is 0 Å². The summed E-state index contributed by atoms with van der Waals surface area (Å²) in [5, 5.41) is 9.20. The van der Waals surface area contributed by atoms with Crippen molar-refractivity contribution in [2.24, 2.45) is 5.73 Å². The van der Waals surface area contributed by atoms with Gasteiger partial charge in [0.25, 0.3) is 0 Å². The molecule has 0 radical (unpaired) electrons. The van der Waals surface area contributed by atoms with Crippen molar-refractivity contribution in [1.29, 1.82) is 0 Å². The van der Waals surface area contributed by atoms with Gasteiger partial charge in [-0.2, -0.15) is 0 Å². The molecule has 0 aliphatic heterocycles. The molecule has 0 amide bonds. The number of unbranched alkanes of at least 4 members (excludes halogenated alkanes) is 2. The number of hydrogen-bond donors (Lipinski definition) is 2. The molecule has 1 saturated carbocycles. The first-order valence-corrected chi connectivity index (χ1v) is 6.21. The average molecular weight is 214 g/mol. The number of aliphatic hydroxyl groups is 1. The standard InChI is InChI=1S/C12H26N2O/c1-3-4-5-8-14(2)11-6-7-12(13,9-11)10-15/h11,15H,3-10,13H2,1-2H3. The van der Waals surface area contributed by atoms with Gasteiger partial charge in [0.05, 0.1) is 6.61 Å². The largest absolute Gasteiger partial charge is 0.394 e. The van der Waals surface area contributed by atoms with Gasteiger partial charge in [-0.25, -0.2) is 0 Å². The molecule has 2 atom stereocenters. The molecule has 0 heterocycles. The van der Waals surface area contributed by atoms with Gasteiger partial charge in [-0.05, 0) is 39.3 Å². The molecular formula is C12H26N2O. The second-order valence-electron chi connectivity index (χ2n) is 5.10. The van der Waals surface area contributed by atoms with Gasteiger partial charge in [-0.1, -0.05) is 19.8 Å². The number of aliphatic hydroxyl groups excluding tert-OH is 1. The zero-order valence-electron chi connectivity index (χ0n) is 10.2. The summed E-state index contributed by atoms with van der Waals surface area (Å²) in [6.07, 6.45) is 6.92. The Balaban J connectivity index is 2.27. The lowest BCUT2D eigenvalue weighted by Crippen LogP contribution is -2.43.